The Hall–Kier alpha value is -2.18. The average molecular weight is 255 g/mol. The standard InChI is InChI=1S/C11H14FN3O3/c1-6(10(16)15(2)3)14-9-8(11(17)18)4-7(12)5-13-9/h4-6H,1-3H3,(H,13,14)(H,17,18). The van der Waals surface area contributed by atoms with Gasteiger partial charge in [-0.05, 0) is 13.0 Å². The zero-order valence-electron chi connectivity index (χ0n) is 10.3. The van der Waals surface area contributed by atoms with Crippen LogP contribution in [0.1, 0.15) is 17.3 Å². The van der Waals surface area contributed by atoms with E-state index in [1.54, 1.807) is 21.0 Å². The van der Waals surface area contributed by atoms with E-state index in [-0.39, 0.29) is 17.3 Å². The number of hydrogen-bond donors (Lipinski definition) is 2. The molecular formula is C11H14FN3O3. The Morgan fingerprint density at radius 3 is 2.61 bits per heavy atom. The number of anilines is 1. The molecule has 1 rings (SSSR count). The Balaban J connectivity index is 2.97. The maximum atomic E-state index is 12.9. The van der Waals surface area contributed by atoms with Crippen molar-refractivity contribution < 1.29 is 19.1 Å². The van der Waals surface area contributed by atoms with Crippen molar-refractivity contribution in [1.82, 2.24) is 9.88 Å². The Bertz CT molecular complexity index is 477. The molecule has 1 aromatic heterocycles. The fourth-order valence-electron chi connectivity index (χ4n) is 1.37. The summed E-state index contributed by atoms with van der Waals surface area (Å²) in [6, 6.07) is 0.195. The van der Waals surface area contributed by atoms with Crippen LogP contribution in [0, 0.1) is 5.82 Å². The summed E-state index contributed by atoms with van der Waals surface area (Å²) in [4.78, 5) is 27.5. The normalized spacial score (nSPS) is 11.8. The molecule has 0 saturated heterocycles. The molecule has 1 amide bonds. The van der Waals surface area contributed by atoms with Gasteiger partial charge in [0, 0.05) is 14.1 Å². The van der Waals surface area contributed by atoms with Crippen LogP contribution in [0.3, 0.4) is 0 Å². The number of aromatic nitrogens is 1. The van der Waals surface area contributed by atoms with Crippen molar-refractivity contribution in [3.8, 4) is 0 Å². The van der Waals surface area contributed by atoms with Crippen LogP contribution in [-0.4, -0.2) is 47.0 Å². The van der Waals surface area contributed by atoms with Gasteiger partial charge in [-0.3, -0.25) is 4.79 Å². The van der Waals surface area contributed by atoms with Crippen LogP contribution in [0.15, 0.2) is 12.3 Å². The summed E-state index contributed by atoms with van der Waals surface area (Å²) in [5.41, 5.74) is -0.312. The predicted octanol–water partition coefficient (Wildman–Crippen LogP) is 0.807. The lowest BCUT2D eigenvalue weighted by atomic mass is 10.2. The summed E-state index contributed by atoms with van der Waals surface area (Å²) in [5.74, 6) is -2.33. The van der Waals surface area contributed by atoms with E-state index >= 15 is 0 Å². The molecule has 18 heavy (non-hydrogen) atoms. The Morgan fingerprint density at radius 1 is 1.50 bits per heavy atom. The van der Waals surface area contributed by atoms with Crippen molar-refractivity contribution in [2.75, 3.05) is 19.4 Å². The van der Waals surface area contributed by atoms with Crippen LogP contribution in [0.5, 0.6) is 0 Å². The number of likely N-dealkylation sites (N-methyl/N-ethyl adjacent to an activating group) is 1. The van der Waals surface area contributed by atoms with Gasteiger partial charge in [0.2, 0.25) is 5.91 Å². The molecule has 0 aliphatic rings. The second-order valence-electron chi connectivity index (χ2n) is 3.95. The molecule has 7 heteroatoms. The van der Waals surface area contributed by atoms with Gasteiger partial charge < -0.3 is 15.3 Å². The van der Waals surface area contributed by atoms with Crippen LogP contribution >= 0.6 is 0 Å². The SMILES string of the molecule is CC(Nc1ncc(F)cc1C(=O)O)C(=O)N(C)C. The number of carbonyl (C=O) groups excluding carboxylic acids is 1. The number of nitrogens with one attached hydrogen (secondary N) is 1. The lowest BCUT2D eigenvalue weighted by molar-refractivity contribution is -0.129. The fourth-order valence-corrected chi connectivity index (χ4v) is 1.37. The van der Waals surface area contributed by atoms with Gasteiger partial charge in [0.15, 0.2) is 0 Å². The lowest BCUT2D eigenvalue weighted by Crippen LogP contribution is -2.37. The minimum atomic E-state index is -1.31. The van der Waals surface area contributed by atoms with E-state index in [4.69, 9.17) is 5.11 Å². The number of aromatic carboxylic acids is 1. The molecule has 0 saturated carbocycles. The molecule has 1 atom stereocenters. The van der Waals surface area contributed by atoms with Crippen molar-refractivity contribution in [3.63, 3.8) is 0 Å². The van der Waals surface area contributed by atoms with Crippen molar-refractivity contribution in [3.05, 3.63) is 23.6 Å². The highest BCUT2D eigenvalue weighted by molar-refractivity contribution is 5.94. The summed E-state index contributed by atoms with van der Waals surface area (Å²) in [5, 5.41) is 11.6. The first-order valence-electron chi connectivity index (χ1n) is 5.19. The molecule has 0 aliphatic heterocycles. The number of halogens is 1. The van der Waals surface area contributed by atoms with E-state index in [0.29, 0.717) is 0 Å². The van der Waals surface area contributed by atoms with Crippen LogP contribution in [0.2, 0.25) is 0 Å². The number of amides is 1. The third kappa shape index (κ3) is 3.16. The maximum Gasteiger partial charge on any atom is 0.339 e. The number of rotatable bonds is 4. The first-order chi connectivity index (χ1) is 8.32. The predicted molar refractivity (Wildman–Crippen MR) is 62.9 cm³/mol. The highest BCUT2D eigenvalue weighted by Gasteiger charge is 2.19. The molecule has 0 aromatic carbocycles. The van der Waals surface area contributed by atoms with Gasteiger partial charge in [0.1, 0.15) is 23.2 Å². The van der Waals surface area contributed by atoms with Crippen molar-refractivity contribution in [1.29, 1.82) is 0 Å². The summed E-state index contributed by atoms with van der Waals surface area (Å²) in [6.07, 6.45) is 0.891. The zero-order chi connectivity index (χ0) is 13.9. The topological polar surface area (TPSA) is 82.5 Å². The number of carboxylic acids is 1. The molecule has 2 N–H and O–H groups in total. The summed E-state index contributed by atoms with van der Waals surface area (Å²) < 4.78 is 12.9. The van der Waals surface area contributed by atoms with E-state index in [2.05, 4.69) is 10.3 Å². The Morgan fingerprint density at radius 2 is 2.11 bits per heavy atom. The van der Waals surface area contributed by atoms with E-state index in [0.717, 1.165) is 12.3 Å². The van der Waals surface area contributed by atoms with Gasteiger partial charge in [-0.2, -0.15) is 0 Å². The average Bonchev–Trinajstić information content (AvgIpc) is 2.29. The van der Waals surface area contributed by atoms with E-state index in [1.807, 2.05) is 0 Å². The summed E-state index contributed by atoms with van der Waals surface area (Å²) in [7, 11) is 3.16. The molecule has 98 valence electrons. The van der Waals surface area contributed by atoms with Crippen LogP contribution in [-0.2, 0) is 4.79 Å². The quantitative estimate of drug-likeness (QED) is 0.831. The molecule has 1 unspecified atom stereocenters. The Kier molecular flexibility index (Phi) is 4.19. The largest absolute Gasteiger partial charge is 0.478 e. The van der Waals surface area contributed by atoms with Gasteiger partial charge in [-0.15, -0.1) is 0 Å². The molecule has 6 nitrogen and oxygen atoms in total. The molecule has 1 aromatic rings. The molecule has 0 bridgehead atoms. The van der Waals surface area contributed by atoms with Crippen molar-refractivity contribution in [2.45, 2.75) is 13.0 Å². The maximum absolute atomic E-state index is 12.9. The fraction of sp³-hybridized carbons (Fsp3) is 0.364. The smallest absolute Gasteiger partial charge is 0.339 e. The number of carboxylic acid groups (broad SMARTS) is 1. The number of nitrogens with zero attached hydrogens (tertiary/aromatic N) is 2. The van der Waals surface area contributed by atoms with Crippen molar-refractivity contribution in [2.24, 2.45) is 0 Å². The third-order valence-electron chi connectivity index (χ3n) is 2.25. The van der Waals surface area contributed by atoms with Gasteiger partial charge in [-0.25, -0.2) is 14.2 Å². The van der Waals surface area contributed by atoms with Crippen molar-refractivity contribution >= 4 is 17.7 Å². The van der Waals surface area contributed by atoms with Crippen LogP contribution < -0.4 is 5.32 Å². The molecule has 1 heterocycles. The lowest BCUT2D eigenvalue weighted by Gasteiger charge is -2.19. The second kappa shape index (κ2) is 5.44. The number of pyridine rings is 1. The van der Waals surface area contributed by atoms with Gasteiger partial charge in [0.25, 0.3) is 0 Å². The third-order valence-corrected chi connectivity index (χ3v) is 2.25. The molecule has 0 aliphatic carbocycles. The minimum absolute atomic E-state index is 0.0356. The molecule has 0 fully saturated rings. The molecular weight excluding hydrogens is 241 g/mol. The van der Waals surface area contributed by atoms with Gasteiger partial charge in [-0.1, -0.05) is 0 Å². The van der Waals surface area contributed by atoms with Gasteiger partial charge >= 0.3 is 5.97 Å². The highest BCUT2D eigenvalue weighted by Crippen LogP contribution is 2.15. The first kappa shape index (κ1) is 13.9. The first-order valence-corrected chi connectivity index (χ1v) is 5.19. The highest BCUT2D eigenvalue weighted by atomic mass is 19.1. The van der Waals surface area contributed by atoms with Crippen LogP contribution in [0.25, 0.3) is 0 Å². The minimum Gasteiger partial charge on any atom is -0.478 e. The summed E-state index contributed by atoms with van der Waals surface area (Å²) in [6.45, 7) is 1.57. The zero-order valence-corrected chi connectivity index (χ0v) is 10.3. The molecule has 0 radical (unpaired) electrons. The number of hydrogen-bond acceptors (Lipinski definition) is 4. The molecule has 0 spiro atoms. The summed E-state index contributed by atoms with van der Waals surface area (Å²) >= 11 is 0. The van der Waals surface area contributed by atoms with E-state index in [9.17, 15) is 14.0 Å². The van der Waals surface area contributed by atoms with E-state index in [1.165, 1.54) is 4.90 Å². The Labute approximate surface area is 103 Å². The van der Waals surface area contributed by atoms with Crippen LogP contribution in [0.4, 0.5) is 10.2 Å². The second-order valence-corrected chi connectivity index (χ2v) is 3.95. The van der Waals surface area contributed by atoms with E-state index < -0.39 is 17.8 Å². The monoisotopic (exact) mass is 255 g/mol. The van der Waals surface area contributed by atoms with Gasteiger partial charge in [0.05, 0.1) is 6.20 Å². The number of carbonyl (C=O) groups is 2.